The first-order chi connectivity index (χ1) is 9.60. The van der Waals surface area contributed by atoms with Gasteiger partial charge in [0.15, 0.2) is 0 Å². The highest BCUT2D eigenvalue weighted by molar-refractivity contribution is 5.10. The van der Waals surface area contributed by atoms with Gasteiger partial charge in [-0.15, -0.1) is 0 Å². The molecule has 1 aromatic heterocycles. The number of pyridine rings is 1. The van der Waals surface area contributed by atoms with Crippen LogP contribution in [-0.2, 0) is 17.9 Å². The summed E-state index contributed by atoms with van der Waals surface area (Å²) in [6.45, 7) is 4.98. The molecule has 0 aliphatic carbocycles. The molecule has 7 heteroatoms. The Bertz CT molecular complexity index is 447. The van der Waals surface area contributed by atoms with Crippen LogP contribution in [0, 0.1) is 0 Å². The van der Waals surface area contributed by atoms with E-state index in [0.29, 0.717) is 12.2 Å². The fraction of sp³-hybridized carbons (Fsp3) is 0.643. The first-order valence-electron chi connectivity index (χ1n) is 6.54. The minimum Gasteiger partial charge on any atom is -0.369 e. The van der Waals surface area contributed by atoms with Gasteiger partial charge in [0.1, 0.15) is 6.61 Å². The Kier molecular flexibility index (Phi) is 6.10. The molecule has 0 atom stereocenters. The van der Waals surface area contributed by atoms with Gasteiger partial charge in [-0.3, -0.25) is 4.98 Å². The van der Waals surface area contributed by atoms with Gasteiger partial charge < -0.3 is 10.1 Å². The molecule has 0 fully saturated rings. The summed E-state index contributed by atoms with van der Waals surface area (Å²) in [5.74, 6) is -4.13. The third kappa shape index (κ3) is 6.86. The van der Waals surface area contributed by atoms with E-state index < -0.39 is 19.0 Å². The van der Waals surface area contributed by atoms with Crippen molar-refractivity contribution in [3.05, 3.63) is 29.6 Å². The monoisotopic (exact) mass is 308 g/mol. The third-order valence-electron chi connectivity index (χ3n) is 2.53. The summed E-state index contributed by atoms with van der Waals surface area (Å²) in [6, 6.07) is 5.10. The molecule has 3 nitrogen and oxygen atoms in total. The van der Waals surface area contributed by atoms with Gasteiger partial charge in [-0.2, -0.15) is 8.78 Å². The molecule has 1 heterocycles. The molecule has 1 aromatic rings. The van der Waals surface area contributed by atoms with Crippen molar-refractivity contribution in [2.24, 2.45) is 0 Å². The number of halogens is 4. The fourth-order valence-electron chi connectivity index (χ4n) is 1.42. The molecule has 120 valence electrons. The summed E-state index contributed by atoms with van der Waals surface area (Å²) in [4.78, 5) is 4.22. The zero-order valence-corrected chi connectivity index (χ0v) is 12.3. The molecule has 0 saturated heterocycles. The normalized spacial score (nSPS) is 13.0. The molecule has 0 saturated carbocycles. The van der Waals surface area contributed by atoms with Crippen molar-refractivity contribution in [3.63, 3.8) is 0 Å². The van der Waals surface area contributed by atoms with E-state index in [2.05, 4.69) is 15.0 Å². The number of ether oxygens (including phenoxy) is 1. The smallest absolute Gasteiger partial charge is 0.330 e. The molecule has 21 heavy (non-hydrogen) atoms. The number of nitrogens with one attached hydrogen (secondary N) is 1. The standard InChI is InChI=1S/C14H20F4N2O/c1-13(2,3)19-7-10-5-4-6-11(20-10)8-21-9-14(17,18)12(15)16/h4-6,12,19H,7-9H2,1-3H3. The van der Waals surface area contributed by atoms with Crippen molar-refractivity contribution < 1.29 is 22.3 Å². The van der Waals surface area contributed by atoms with Crippen molar-refractivity contribution in [3.8, 4) is 0 Å². The summed E-state index contributed by atoms with van der Waals surface area (Å²) in [7, 11) is 0. The largest absolute Gasteiger partial charge is 0.369 e. The van der Waals surface area contributed by atoms with Gasteiger partial charge in [0, 0.05) is 12.1 Å². The number of hydrogen-bond donors (Lipinski definition) is 1. The average molecular weight is 308 g/mol. The summed E-state index contributed by atoms with van der Waals surface area (Å²) in [6.07, 6.45) is -3.73. The Hall–Kier alpha value is -1.21. The molecule has 0 radical (unpaired) electrons. The predicted molar refractivity (Wildman–Crippen MR) is 71.4 cm³/mol. The van der Waals surface area contributed by atoms with Crippen LogP contribution in [0.25, 0.3) is 0 Å². The highest BCUT2D eigenvalue weighted by Crippen LogP contribution is 2.23. The summed E-state index contributed by atoms with van der Waals surface area (Å²) in [5.41, 5.74) is 1.08. The summed E-state index contributed by atoms with van der Waals surface area (Å²) in [5, 5.41) is 3.24. The molecule has 1 rings (SSSR count). The van der Waals surface area contributed by atoms with Crippen molar-refractivity contribution in [2.75, 3.05) is 6.61 Å². The fourth-order valence-corrected chi connectivity index (χ4v) is 1.42. The van der Waals surface area contributed by atoms with Crippen LogP contribution < -0.4 is 5.32 Å². The second-order valence-electron chi connectivity index (χ2n) is 5.78. The van der Waals surface area contributed by atoms with Crippen LogP contribution in [0.15, 0.2) is 18.2 Å². The Balaban J connectivity index is 2.50. The Morgan fingerprint density at radius 2 is 1.81 bits per heavy atom. The Labute approximate surface area is 121 Å². The topological polar surface area (TPSA) is 34.1 Å². The lowest BCUT2D eigenvalue weighted by atomic mass is 10.1. The Morgan fingerprint density at radius 3 is 2.38 bits per heavy atom. The van der Waals surface area contributed by atoms with E-state index in [4.69, 9.17) is 0 Å². The molecule has 1 N–H and O–H groups in total. The maximum absolute atomic E-state index is 12.7. The predicted octanol–water partition coefficient (Wildman–Crippen LogP) is 3.39. The highest BCUT2D eigenvalue weighted by atomic mass is 19.3. The summed E-state index contributed by atoms with van der Waals surface area (Å²) < 4.78 is 53.9. The minimum atomic E-state index is -4.13. The van der Waals surface area contributed by atoms with Crippen LogP contribution in [0.5, 0.6) is 0 Å². The van der Waals surface area contributed by atoms with Gasteiger partial charge in [-0.1, -0.05) is 6.07 Å². The second-order valence-corrected chi connectivity index (χ2v) is 5.78. The van der Waals surface area contributed by atoms with Crippen LogP contribution in [-0.4, -0.2) is 29.5 Å². The molecular weight excluding hydrogens is 288 g/mol. The van der Waals surface area contributed by atoms with Crippen molar-refractivity contribution >= 4 is 0 Å². The van der Waals surface area contributed by atoms with Crippen LogP contribution >= 0.6 is 0 Å². The first kappa shape index (κ1) is 17.8. The SMILES string of the molecule is CC(C)(C)NCc1cccc(COCC(F)(F)C(F)F)n1. The van der Waals surface area contributed by atoms with Crippen molar-refractivity contribution in [2.45, 2.75) is 51.8 Å². The number of hydrogen-bond acceptors (Lipinski definition) is 3. The number of alkyl halides is 4. The number of nitrogens with zero attached hydrogens (tertiary/aromatic N) is 1. The van der Waals surface area contributed by atoms with E-state index in [-0.39, 0.29) is 12.1 Å². The first-order valence-corrected chi connectivity index (χ1v) is 6.54. The lowest BCUT2D eigenvalue weighted by molar-refractivity contribution is -0.168. The maximum atomic E-state index is 12.7. The van der Waals surface area contributed by atoms with Crippen molar-refractivity contribution in [1.29, 1.82) is 0 Å². The van der Waals surface area contributed by atoms with Gasteiger partial charge in [0.05, 0.1) is 18.0 Å². The van der Waals surface area contributed by atoms with Gasteiger partial charge in [-0.25, -0.2) is 8.78 Å². The molecule has 0 aliphatic rings. The van der Waals surface area contributed by atoms with Gasteiger partial charge in [0.25, 0.3) is 0 Å². The third-order valence-corrected chi connectivity index (χ3v) is 2.53. The molecule has 0 aliphatic heterocycles. The molecule has 0 amide bonds. The zero-order chi connectivity index (χ0) is 16.1. The highest BCUT2D eigenvalue weighted by Gasteiger charge is 2.40. The van der Waals surface area contributed by atoms with Gasteiger partial charge in [0.2, 0.25) is 0 Å². The van der Waals surface area contributed by atoms with E-state index in [1.807, 2.05) is 20.8 Å². The van der Waals surface area contributed by atoms with Gasteiger partial charge >= 0.3 is 12.3 Å². The lowest BCUT2D eigenvalue weighted by Crippen LogP contribution is -2.35. The quantitative estimate of drug-likeness (QED) is 0.784. The maximum Gasteiger partial charge on any atom is 0.330 e. The molecule has 0 spiro atoms. The van der Waals surface area contributed by atoms with E-state index in [1.165, 1.54) is 0 Å². The second kappa shape index (κ2) is 7.17. The van der Waals surface area contributed by atoms with E-state index in [9.17, 15) is 17.6 Å². The Morgan fingerprint density at radius 1 is 1.19 bits per heavy atom. The number of aromatic nitrogens is 1. The van der Waals surface area contributed by atoms with Crippen LogP contribution in [0.3, 0.4) is 0 Å². The van der Waals surface area contributed by atoms with E-state index in [0.717, 1.165) is 5.69 Å². The zero-order valence-electron chi connectivity index (χ0n) is 12.3. The van der Waals surface area contributed by atoms with Gasteiger partial charge in [-0.05, 0) is 32.9 Å². The minimum absolute atomic E-state index is 0.0759. The average Bonchev–Trinajstić information content (AvgIpc) is 2.36. The molecule has 0 aromatic carbocycles. The van der Waals surface area contributed by atoms with Crippen LogP contribution in [0.4, 0.5) is 17.6 Å². The molecule has 0 unspecified atom stereocenters. The molecule has 0 bridgehead atoms. The number of rotatable bonds is 7. The van der Waals surface area contributed by atoms with Crippen LogP contribution in [0.1, 0.15) is 32.2 Å². The van der Waals surface area contributed by atoms with E-state index in [1.54, 1.807) is 18.2 Å². The van der Waals surface area contributed by atoms with Crippen molar-refractivity contribution in [1.82, 2.24) is 10.3 Å². The molecular formula is C14H20F4N2O. The lowest BCUT2D eigenvalue weighted by Gasteiger charge is -2.20. The van der Waals surface area contributed by atoms with E-state index >= 15 is 0 Å². The summed E-state index contributed by atoms with van der Waals surface area (Å²) >= 11 is 0. The van der Waals surface area contributed by atoms with Crippen LogP contribution in [0.2, 0.25) is 0 Å².